The van der Waals surface area contributed by atoms with E-state index in [1.807, 2.05) is 60.7 Å². The fourth-order valence-corrected chi connectivity index (χ4v) is 3.03. The number of nitrogens with one attached hydrogen (secondary N) is 1. The molecule has 8 nitrogen and oxygen atoms in total. The SMILES string of the molecule is O=C(NCC(c1ccccc1)c1ccccc1)c1cc([N+](=O)[O-])cc([N+](=O)[O-])c1. The molecule has 1 amide bonds. The molecule has 0 aliphatic heterocycles. The second-order valence-corrected chi connectivity index (χ2v) is 6.34. The first kappa shape index (κ1) is 19.7. The summed E-state index contributed by atoms with van der Waals surface area (Å²) >= 11 is 0. The number of hydrogen-bond donors (Lipinski definition) is 1. The fourth-order valence-electron chi connectivity index (χ4n) is 3.03. The Bertz CT molecular complexity index is 967. The van der Waals surface area contributed by atoms with Gasteiger partial charge in [0.2, 0.25) is 0 Å². The van der Waals surface area contributed by atoms with Crippen molar-refractivity contribution in [3.05, 3.63) is 116 Å². The maximum Gasteiger partial charge on any atom is 0.277 e. The molecule has 0 saturated carbocycles. The van der Waals surface area contributed by atoms with E-state index in [1.54, 1.807) is 0 Å². The summed E-state index contributed by atoms with van der Waals surface area (Å²) < 4.78 is 0. The molecule has 0 heterocycles. The molecule has 146 valence electrons. The highest BCUT2D eigenvalue weighted by atomic mass is 16.6. The van der Waals surface area contributed by atoms with Gasteiger partial charge in [0, 0.05) is 24.6 Å². The van der Waals surface area contributed by atoms with Gasteiger partial charge in [0.25, 0.3) is 17.3 Å². The number of rotatable bonds is 7. The van der Waals surface area contributed by atoms with E-state index in [-0.39, 0.29) is 18.0 Å². The third kappa shape index (κ3) is 4.81. The maximum absolute atomic E-state index is 12.6. The Morgan fingerprint density at radius 2 is 1.24 bits per heavy atom. The quantitative estimate of drug-likeness (QED) is 0.481. The minimum atomic E-state index is -0.763. The van der Waals surface area contributed by atoms with E-state index < -0.39 is 27.1 Å². The molecule has 0 aliphatic carbocycles. The van der Waals surface area contributed by atoms with Crippen LogP contribution in [-0.4, -0.2) is 22.3 Å². The summed E-state index contributed by atoms with van der Waals surface area (Å²) in [5, 5.41) is 24.8. The summed E-state index contributed by atoms with van der Waals surface area (Å²) in [6, 6.07) is 22.1. The van der Waals surface area contributed by atoms with E-state index in [9.17, 15) is 25.0 Å². The van der Waals surface area contributed by atoms with Crippen LogP contribution in [0.4, 0.5) is 11.4 Å². The number of carbonyl (C=O) groups excluding carboxylic acids is 1. The van der Waals surface area contributed by atoms with Crippen molar-refractivity contribution in [2.24, 2.45) is 0 Å². The Balaban J connectivity index is 1.86. The molecular weight excluding hydrogens is 374 g/mol. The first-order valence-electron chi connectivity index (χ1n) is 8.77. The van der Waals surface area contributed by atoms with E-state index in [0.29, 0.717) is 0 Å². The van der Waals surface area contributed by atoms with Crippen LogP contribution in [0.5, 0.6) is 0 Å². The molecule has 0 unspecified atom stereocenters. The molecule has 0 bridgehead atoms. The topological polar surface area (TPSA) is 115 Å². The summed E-state index contributed by atoms with van der Waals surface area (Å²) in [6.07, 6.45) is 0. The van der Waals surface area contributed by atoms with Gasteiger partial charge < -0.3 is 5.32 Å². The third-order valence-electron chi connectivity index (χ3n) is 4.46. The first-order chi connectivity index (χ1) is 14.0. The lowest BCUT2D eigenvalue weighted by molar-refractivity contribution is -0.394. The van der Waals surface area contributed by atoms with Crippen molar-refractivity contribution in [1.29, 1.82) is 0 Å². The molecule has 0 radical (unpaired) electrons. The number of carbonyl (C=O) groups is 1. The number of hydrogen-bond acceptors (Lipinski definition) is 5. The second kappa shape index (κ2) is 8.75. The zero-order chi connectivity index (χ0) is 20.8. The van der Waals surface area contributed by atoms with Crippen molar-refractivity contribution >= 4 is 17.3 Å². The standard InChI is InChI=1S/C21H17N3O5/c25-21(17-11-18(23(26)27)13-19(12-17)24(28)29)22-14-20(15-7-3-1-4-8-15)16-9-5-2-6-10-16/h1-13,20H,14H2,(H,22,25). The molecule has 3 rings (SSSR count). The van der Waals surface area contributed by atoms with Gasteiger partial charge in [-0.2, -0.15) is 0 Å². The minimum absolute atomic E-state index is 0.134. The molecule has 0 aromatic heterocycles. The zero-order valence-corrected chi connectivity index (χ0v) is 15.2. The fraction of sp³-hybridized carbons (Fsp3) is 0.0952. The summed E-state index contributed by atoms with van der Waals surface area (Å²) in [6.45, 7) is 0.226. The van der Waals surface area contributed by atoms with Crippen LogP contribution in [0, 0.1) is 20.2 Å². The lowest BCUT2D eigenvalue weighted by Crippen LogP contribution is -2.29. The summed E-state index contributed by atoms with van der Waals surface area (Å²) in [5.74, 6) is -0.760. The van der Waals surface area contributed by atoms with E-state index >= 15 is 0 Å². The summed E-state index contributed by atoms with van der Waals surface area (Å²) in [7, 11) is 0. The Labute approximate surface area is 166 Å². The van der Waals surface area contributed by atoms with Crippen LogP contribution < -0.4 is 5.32 Å². The molecule has 0 aliphatic rings. The lowest BCUT2D eigenvalue weighted by atomic mass is 9.91. The Kier molecular flexibility index (Phi) is 5.94. The van der Waals surface area contributed by atoms with Gasteiger partial charge >= 0.3 is 0 Å². The highest BCUT2D eigenvalue weighted by molar-refractivity contribution is 5.95. The van der Waals surface area contributed by atoms with Crippen LogP contribution in [0.15, 0.2) is 78.9 Å². The number of non-ortho nitro benzene ring substituents is 2. The van der Waals surface area contributed by atoms with Gasteiger partial charge in [0.05, 0.1) is 21.5 Å². The number of nitro groups is 2. The molecular formula is C21H17N3O5. The van der Waals surface area contributed by atoms with Crippen LogP contribution in [0.3, 0.4) is 0 Å². The number of amides is 1. The van der Waals surface area contributed by atoms with Crippen molar-refractivity contribution in [2.75, 3.05) is 6.54 Å². The largest absolute Gasteiger partial charge is 0.351 e. The van der Waals surface area contributed by atoms with Crippen LogP contribution in [0.2, 0.25) is 0 Å². The lowest BCUT2D eigenvalue weighted by Gasteiger charge is -2.19. The molecule has 0 fully saturated rings. The van der Waals surface area contributed by atoms with E-state index in [1.165, 1.54) is 0 Å². The Hall–Kier alpha value is -4.07. The molecule has 0 saturated heterocycles. The number of benzene rings is 3. The predicted molar refractivity (Wildman–Crippen MR) is 107 cm³/mol. The monoisotopic (exact) mass is 391 g/mol. The average molecular weight is 391 g/mol. The van der Waals surface area contributed by atoms with E-state index in [2.05, 4.69) is 5.32 Å². The van der Waals surface area contributed by atoms with Gasteiger partial charge in [-0.15, -0.1) is 0 Å². The summed E-state index contributed by atoms with van der Waals surface area (Å²) in [5.41, 5.74) is 0.831. The molecule has 1 N–H and O–H groups in total. The van der Waals surface area contributed by atoms with Crippen molar-refractivity contribution in [2.45, 2.75) is 5.92 Å². The predicted octanol–water partition coefficient (Wildman–Crippen LogP) is 4.06. The van der Waals surface area contributed by atoms with Crippen molar-refractivity contribution in [3.8, 4) is 0 Å². The van der Waals surface area contributed by atoms with Crippen molar-refractivity contribution in [3.63, 3.8) is 0 Å². The normalized spacial score (nSPS) is 10.5. The molecule has 0 spiro atoms. The van der Waals surface area contributed by atoms with E-state index in [4.69, 9.17) is 0 Å². The molecule has 3 aromatic rings. The van der Waals surface area contributed by atoms with Crippen molar-refractivity contribution < 1.29 is 14.6 Å². The molecule has 29 heavy (non-hydrogen) atoms. The van der Waals surface area contributed by atoms with Gasteiger partial charge in [0.1, 0.15) is 0 Å². The van der Waals surface area contributed by atoms with Gasteiger partial charge in [-0.3, -0.25) is 25.0 Å². The van der Waals surface area contributed by atoms with Gasteiger partial charge in [-0.25, -0.2) is 0 Å². The molecule has 8 heteroatoms. The summed E-state index contributed by atoms with van der Waals surface area (Å²) in [4.78, 5) is 33.2. The van der Waals surface area contributed by atoms with Crippen LogP contribution in [0.25, 0.3) is 0 Å². The molecule has 3 aromatic carbocycles. The minimum Gasteiger partial charge on any atom is -0.351 e. The Morgan fingerprint density at radius 3 is 1.66 bits per heavy atom. The highest BCUT2D eigenvalue weighted by Crippen LogP contribution is 2.25. The van der Waals surface area contributed by atoms with Crippen LogP contribution in [0.1, 0.15) is 27.4 Å². The smallest absolute Gasteiger partial charge is 0.277 e. The first-order valence-corrected chi connectivity index (χ1v) is 8.77. The van der Waals surface area contributed by atoms with Gasteiger partial charge in [0.15, 0.2) is 0 Å². The average Bonchev–Trinajstić information content (AvgIpc) is 2.75. The number of nitrogens with zero attached hydrogens (tertiary/aromatic N) is 2. The van der Waals surface area contributed by atoms with Crippen LogP contribution >= 0.6 is 0 Å². The van der Waals surface area contributed by atoms with Gasteiger partial charge in [-0.1, -0.05) is 60.7 Å². The zero-order valence-electron chi connectivity index (χ0n) is 15.2. The highest BCUT2D eigenvalue weighted by Gasteiger charge is 2.21. The second-order valence-electron chi connectivity index (χ2n) is 6.34. The Morgan fingerprint density at radius 1 is 0.793 bits per heavy atom. The van der Waals surface area contributed by atoms with Crippen LogP contribution in [-0.2, 0) is 0 Å². The van der Waals surface area contributed by atoms with Gasteiger partial charge in [-0.05, 0) is 11.1 Å². The number of nitro benzene ring substituents is 2. The molecule has 0 atom stereocenters. The van der Waals surface area contributed by atoms with Crippen molar-refractivity contribution in [1.82, 2.24) is 5.32 Å². The maximum atomic E-state index is 12.6. The van der Waals surface area contributed by atoms with E-state index in [0.717, 1.165) is 29.3 Å². The third-order valence-corrected chi connectivity index (χ3v) is 4.46.